The van der Waals surface area contributed by atoms with Gasteiger partial charge in [0.2, 0.25) is 0 Å². The zero-order valence-electron chi connectivity index (χ0n) is 11.9. The van der Waals surface area contributed by atoms with E-state index in [2.05, 4.69) is 10.2 Å². The molecule has 1 fully saturated rings. The van der Waals surface area contributed by atoms with Crippen molar-refractivity contribution in [3.63, 3.8) is 0 Å². The highest BCUT2D eigenvalue weighted by molar-refractivity contribution is 7.89. The molecular weight excluding hydrogens is 288 g/mol. The minimum atomic E-state index is -3.57. The lowest BCUT2D eigenvalue weighted by atomic mass is 10.1. The van der Waals surface area contributed by atoms with Crippen LogP contribution in [0.1, 0.15) is 18.4 Å². The molecule has 2 aromatic rings. The van der Waals surface area contributed by atoms with Gasteiger partial charge in [-0.05, 0) is 24.8 Å². The van der Waals surface area contributed by atoms with Crippen LogP contribution in [0.3, 0.4) is 0 Å². The summed E-state index contributed by atoms with van der Waals surface area (Å²) >= 11 is 0. The summed E-state index contributed by atoms with van der Waals surface area (Å²) in [5.41, 5.74) is 1.16. The molecule has 0 N–H and O–H groups in total. The van der Waals surface area contributed by atoms with E-state index in [-0.39, 0.29) is 11.2 Å². The van der Waals surface area contributed by atoms with Gasteiger partial charge in [0.25, 0.3) is 15.2 Å². The van der Waals surface area contributed by atoms with Crippen molar-refractivity contribution < 1.29 is 8.42 Å². The van der Waals surface area contributed by atoms with Crippen LogP contribution in [0.2, 0.25) is 0 Å². The molecule has 1 aliphatic heterocycles. The van der Waals surface area contributed by atoms with Crippen LogP contribution in [0.5, 0.6) is 0 Å². The summed E-state index contributed by atoms with van der Waals surface area (Å²) in [7, 11) is -1.92. The minimum Gasteiger partial charge on any atom is -0.306 e. The maximum atomic E-state index is 12.7. The Bertz CT molecular complexity index is 712. The Hall–Kier alpha value is -1.73. The van der Waals surface area contributed by atoms with Crippen LogP contribution < -0.4 is 0 Å². The third kappa shape index (κ3) is 2.71. The van der Waals surface area contributed by atoms with Crippen LogP contribution in [-0.2, 0) is 23.5 Å². The maximum Gasteiger partial charge on any atom is 0.279 e. The molecule has 2 heterocycles. The molecule has 1 unspecified atom stereocenters. The molecule has 21 heavy (non-hydrogen) atoms. The van der Waals surface area contributed by atoms with Gasteiger partial charge in [-0.1, -0.05) is 30.3 Å². The summed E-state index contributed by atoms with van der Waals surface area (Å²) in [5, 5.41) is 7.45. The standard InChI is InChI=1S/C14H18N4O2S/c1-17-11-15-16-14(17)21(19,20)18-9-5-8-13(18)10-12-6-3-2-4-7-12/h2-4,6-7,11,13H,5,8-10H2,1H3. The number of sulfonamides is 1. The van der Waals surface area contributed by atoms with E-state index in [1.807, 2.05) is 30.3 Å². The molecule has 3 rings (SSSR count). The molecule has 7 heteroatoms. The topological polar surface area (TPSA) is 68.1 Å². The van der Waals surface area contributed by atoms with E-state index >= 15 is 0 Å². The molecular formula is C14H18N4O2S. The van der Waals surface area contributed by atoms with Gasteiger partial charge in [-0.25, -0.2) is 8.42 Å². The zero-order chi connectivity index (χ0) is 14.9. The molecule has 1 aromatic heterocycles. The first-order chi connectivity index (χ1) is 10.1. The van der Waals surface area contributed by atoms with Crippen molar-refractivity contribution in [2.75, 3.05) is 6.54 Å². The minimum absolute atomic E-state index is 0.00546. The second kappa shape index (κ2) is 5.57. The van der Waals surface area contributed by atoms with E-state index in [4.69, 9.17) is 0 Å². The number of aryl methyl sites for hydroxylation is 1. The highest BCUT2D eigenvalue weighted by Gasteiger charge is 2.37. The van der Waals surface area contributed by atoms with Crippen molar-refractivity contribution in [1.82, 2.24) is 19.1 Å². The number of hydrogen-bond acceptors (Lipinski definition) is 4. The summed E-state index contributed by atoms with van der Waals surface area (Å²) in [6.07, 6.45) is 3.91. The molecule has 1 atom stereocenters. The van der Waals surface area contributed by atoms with Gasteiger partial charge in [0.15, 0.2) is 0 Å². The zero-order valence-corrected chi connectivity index (χ0v) is 12.7. The van der Waals surface area contributed by atoms with Gasteiger partial charge in [-0.15, -0.1) is 10.2 Å². The van der Waals surface area contributed by atoms with Gasteiger partial charge in [0.1, 0.15) is 6.33 Å². The van der Waals surface area contributed by atoms with Crippen LogP contribution in [0.4, 0.5) is 0 Å². The highest BCUT2D eigenvalue weighted by Crippen LogP contribution is 2.27. The molecule has 0 saturated carbocycles. The summed E-state index contributed by atoms with van der Waals surface area (Å²) < 4.78 is 28.5. The molecule has 0 amide bonds. The summed E-state index contributed by atoms with van der Waals surface area (Å²) in [6, 6.07) is 9.98. The average Bonchev–Trinajstić information content (AvgIpc) is 3.09. The predicted octanol–water partition coefficient (Wildman–Crippen LogP) is 1.21. The second-order valence-electron chi connectivity index (χ2n) is 5.33. The Morgan fingerprint density at radius 2 is 2.05 bits per heavy atom. The SMILES string of the molecule is Cn1cnnc1S(=O)(=O)N1CCCC1Cc1ccccc1. The predicted molar refractivity (Wildman–Crippen MR) is 78.1 cm³/mol. The van der Waals surface area contributed by atoms with E-state index in [9.17, 15) is 8.42 Å². The number of nitrogens with zero attached hydrogens (tertiary/aromatic N) is 4. The van der Waals surface area contributed by atoms with Crippen LogP contribution in [0, 0.1) is 0 Å². The molecule has 1 aromatic carbocycles. The van der Waals surface area contributed by atoms with Crippen LogP contribution in [0.15, 0.2) is 41.8 Å². The smallest absolute Gasteiger partial charge is 0.279 e. The van der Waals surface area contributed by atoms with Crippen LogP contribution >= 0.6 is 0 Å². The summed E-state index contributed by atoms with van der Waals surface area (Å²) in [5.74, 6) is 0. The average molecular weight is 306 g/mol. The van der Waals surface area contributed by atoms with Gasteiger partial charge in [-0.2, -0.15) is 4.31 Å². The van der Waals surface area contributed by atoms with Gasteiger partial charge >= 0.3 is 0 Å². The van der Waals surface area contributed by atoms with Crippen molar-refractivity contribution in [2.24, 2.45) is 7.05 Å². The molecule has 0 radical (unpaired) electrons. The first-order valence-electron chi connectivity index (χ1n) is 6.99. The Morgan fingerprint density at radius 3 is 2.71 bits per heavy atom. The summed E-state index contributed by atoms with van der Waals surface area (Å²) in [4.78, 5) is 0. The normalized spacial score (nSPS) is 20.0. The van der Waals surface area contributed by atoms with Crippen molar-refractivity contribution in [3.05, 3.63) is 42.2 Å². The Labute approximate surface area is 124 Å². The largest absolute Gasteiger partial charge is 0.306 e. The number of hydrogen-bond donors (Lipinski definition) is 0. The molecule has 1 saturated heterocycles. The number of benzene rings is 1. The van der Waals surface area contributed by atoms with E-state index < -0.39 is 10.0 Å². The molecule has 0 bridgehead atoms. The first kappa shape index (κ1) is 14.2. The second-order valence-corrected chi connectivity index (χ2v) is 7.11. The highest BCUT2D eigenvalue weighted by atomic mass is 32.2. The summed E-state index contributed by atoms with van der Waals surface area (Å²) in [6.45, 7) is 0.548. The third-order valence-electron chi connectivity index (χ3n) is 3.85. The van der Waals surface area contributed by atoms with Crippen molar-refractivity contribution >= 4 is 10.0 Å². The van der Waals surface area contributed by atoms with Gasteiger partial charge in [-0.3, -0.25) is 0 Å². The lowest BCUT2D eigenvalue weighted by molar-refractivity contribution is 0.380. The van der Waals surface area contributed by atoms with Crippen molar-refractivity contribution in [1.29, 1.82) is 0 Å². The molecule has 112 valence electrons. The first-order valence-corrected chi connectivity index (χ1v) is 8.43. The van der Waals surface area contributed by atoms with Crippen LogP contribution in [0.25, 0.3) is 0 Å². The quantitative estimate of drug-likeness (QED) is 0.851. The van der Waals surface area contributed by atoms with Gasteiger partial charge < -0.3 is 4.57 Å². The number of rotatable bonds is 4. The van der Waals surface area contributed by atoms with E-state index in [1.54, 1.807) is 11.4 Å². The van der Waals surface area contributed by atoms with Crippen molar-refractivity contribution in [2.45, 2.75) is 30.5 Å². The fourth-order valence-corrected chi connectivity index (χ4v) is 4.54. The maximum absolute atomic E-state index is 12.7. The van der Waals surface area contributed by atoms with Crippen LogP contribution in [-0.4, -0.2) is 40.1 Å². The lowest BCUT2D eigenvalue weighted by Crippen LogP contribution is -2.38. The Balaban J connectivity index is 1.86. The molecule has 6 nitrogen and oxygen atoms in total. The monoisotopic (exact) mass is 306 g/mol. The Morgan fingerprint density at radius 1 is 1.29 bits per heavy atom. The van der Waals surface area contributed by atoms with Gasteiger partial charge in [0.05, 0.1) is 0 Å². The molecule has 0 spiro atoms. The lowest BCUT2D eigenvalue weighted by Gasteiger charge is -2.23. The number of aromatic nitrogens is 3. The fraction of sp³-hybridized carbons (Fsp3) is 0.429. The third-order valence-corrected chi connectivity index (χ3v) is 5.78. The fourth-order valence-electron chi connectivity index (χ4n) is 2.83. The molecule has 1 aliphatic rings. The van der Waals surface area contributed by atoms with Crippen molar-refractivity contribution in [3.8, 4) is 0 Å². The molecule has 0 aliphatic carbocycles. The van der Waals surface area contributed by atoms with E-state index in [0.29, 0.717) is 6.54 Å². The van der Waals surface area contributed by atoms with E-state index in [1.165, 1.54) is 10.9 Å². The Kier molecular flexibility index (Phi) is 3.77. The van der Waals surface area contributed by atoms with E-state index in [0.717, 1.165) is 24.8 Å². The van der Waals surface area contributed by atoms with Gasteiger partial charge in [0, 0.05) is 19.6 Å².